The van der Waals surface area contributed by atoms with Gasteiger partial charge in [0.2, 0.25) is 0 Å². The molecule has 0 radical (unpaired) electrons. The van der Waals surface area contributed by atoms with E-state index < -0.39 is 0 Å². The van der Waals surface area contributed by atoms with Crippen LogP contribution in [0.2, 0.25) is 15.1 Å². The molecule has 4 nitrogen and oxygen atoms in total. The normalized spacial score (nSPS) is 14.0. The van der Waals surface area contributed by atoms with Crippen LogP contribution in [0.1, 0.15) is 23.2 Å². The maximum atomic E-state index is 13.1. The number of pyridine rings is 1. The molecule has 1 saturated heterocycles. The predicted octanol–water partition coefficient (Wildman–Crippen LogP) is 6.17. The molecule has 7 heteroatoms. The van der Waals surface area contributed by atoms with Gasteiger partial charge in [0.05, 0.1) is 26.8 Å². The fourth-order valence-corrected chi connectivity index (χ4v) is 3.74. The summed E-state index contributed by atoms with van der Waals surface area (Å²) in [5.74, 6) is -0.0376. The van der Waals surface area contributed by atoms with Gasteiger partial charge in [-0.05, 0) is 49.2 Å². The number of amides is 1. The highest BCUT2D eigenvalue weighted by Gasteiger charge is 2.24. The van der Waals surface area contributed by atoms with Gasteiger partial charge in [-0.1, -0.05) is 34.8 Å². The number of aromatic nitrogens is 1. The Morgan fingerprint density at radius 3 is 2.52 bits per heavy atom. The number of nitrogens with one attached hydrogen (secondary N) is 1. The third-order valence-corrected chi connectivity index (χ3v) is 5.62. The van der Waals surface area contributed by atoms with Crippen LogP contribution in [0.15, 0.2) is 42.6 Å². The van der Waals surface area contributed by atoms with Crippen LogP contribution < -0.4 is 5.32 Å². The van der Waals surface area contributed by atoms with Crippen molar-refractivity contribution >= 4 is 63.0 Å². The van der Waals surface area contributed by atoms with Crippen molar-refractivity contribution in [2.75, 3.05) is 18.4 Å². The number of nitrogens with zero attached hydrogens (tertiary/aromatic N) is 2. The van der Waals surface area contributed by atoms with Gasteiger partial charge in [-0.15, -0.1) is 0 Å². The van der Waals surface area contributed by atoms with Crippen LogP contribution in [0.3, 0.4) is 0 Å². The molecule has 1 N–H and O–H groups in total. The molecule has 27 heavy (non-hydrogen) atoms. The van der Waals surface area contributed by atoms with E-state index in [9.17, 15) is 4.79 Å². The van der Waals surface area contributed by atoms with Gasteiger partial charge in [0, 0.05) is 35.4 Å². The van der Waals surface area contributed by atoms with E-state index in [1.807, 2.05) is 23.1 Å². The van der Waals surface area contributed by atoms with Crippen molar-refractivity contribution in [2.24, 2.45) is 0 Å². The summed E-state index contributed by atoms with van der Waals surface area (Å²) in [7, 11) is 0. The van der Waals surface area contributed by atoms with Gasteiger partial charge in [-0.3, -0.25) is 9.78 Å². The molecule has 0 atom stereocenters. The molecule has 0 bridgehead atoms. The molecule has 138 valence electrons. The van der Waals surface area contributed by atoms with Gasteiger partial charge in [0.15, 0.2) is 0 Å². The first kappa shape index (κ1) is 18.4. The molecular weight excluding hydrogens is 405 g/mol. The first-order chi connectivity index (χ1) is 13.0. The highest BCUT2D eigenvalue weighted by molar-refractivity contribution is 6.42. The van der Waals surface area contributed by atoms with Crippen LogP contribution in [0.5, 0.6) is 0 Å². The first-order valence-electron chi connectivity index (χ1n) is 8.62. The second-order valence-corrected chi connectivity index (χ2v) is 7.71. The van der Waals surface area contributed by atoms with Crippen molar-refractivity contribution in [3.05, 3.63) is 63.2 Å². The van der Waals surface area contributed by atoms with Crippen molar-refractivity contribution in [3.8, 4) is 0 Å². The summed E-state index contributed by atoms with van der Waals surface area (Å²) in [4.78, 5) is 19.4. The minimum absolute atomic E-state index is 0.0376. The molecule has 1 aliphatic rings. The molecule has 0 unspecified atom stereocenters. The number of hydrogen-bond donors (Lipinski definition) is 1. The van der Waals surface area contributed by atoms with E-state index in [-0.39, 0.29) is 5.91 Å². The number of carbonyl (C=O) groups is 1. The van der Waals surface area contributed by atoms with Gasteiger partial charge in [-0.25, -0.2) is 0 Å². The summed E-state index contributed by atoms with van der Waals surface area (Å²) >= 11 is 18.4. The largest absolute Gasteiger partial charge is 0.354 e. The molecule has 4 rings (SSSR count). The second-order valence-electron chi connectivity index (χ2n) is 6.46. The zero-order chi connectivity index (χ0) is 19.0. The third-order valence-electron chi connectivity index (χ3n) is 4.64. The lowest BCUT2D eigenvalue weighted by Crippen LogP contribution is -2.28. The van der Waals surface area contributed by atoms with E-state index in [1.54, 1.807) is 24.4 Å². The number of halogens is 3. The van der Waals surface area contributed by atoms with Crippen molar-refractivity contribution in [3.63, 3.8) is 0 Å². The second kappa shape index (κ2) is 7.55. The molecule has 1 amide bonds. The van der Waals surface area contributed by atoms with Crippen LogP contribution in [0.25, 0.3) is 10.9 Å². The minimum Gasteiger partial charge on any atom is -0.354 e. The topological polar surface area (TPSA) is 45.2 Å². The molecular formula is C20H16Cl3N3O. The summed E-state index contributed by atoms with van der Waals surface area (Å²) < 4.78 is 0. The lowest BCUT2D eigenvalue weighted by atomic mass is 10.1. The van der Waals surface area contributed by atoms with Gasteiger partial charge in [-0.2, -0.15) is 0 Å². The Kier molecular flexibility index (Phi) is 5.13. The molecule has 1 aliphatic heterocycles. The Balaban J connectivity index is 1.85. The maximum absolute atomic E-state index is 13.1. The van der Waals surface area contributed by atoms with Gasteiger partial charge in [0.25, 0.3) is 5.91 Å². The molecule has 0 spiro atoms. The Morgan fingerprint density at radius 1 is 1.00 bits per heavy atom. The average molecular weight is 421 g/mol. The van der Waals surface area contributed by atoms with Crippen LogP contribution >= 0.6 is 34.8 Å². The Bertz CT molecular complexity index is 1030. The standard InChI is InChI=1S/C20H16Cl3N3O/c21-12-3-6-18-14(9-12)19(25-13-4-5-16(22)17(23)10-13)15(11-24-18)20(27)26-7-1-2-8-26/h3-6,9-11H,1-2,7-8H2,(H,24,25). The number of benzene rings is 2. The van der Waals surface area contributed by atoms with Crippen molar-refractivity contribution in [1.29, 1.82) is 0 Å². The molecule has 1 aromatic heterocycles. The Hall–Kier alpha value is -2.01. The molecule has 3 aromatic rings. The van der Waals surface area contributed by atoms with Gasteiger partial charge in [0.1, 0.15) is 0 Å². The van der Waals surface area contributed by atoms with Crippen LogP contribution in [0.4, 0.5) is 11.4 Å². The molecule has 2 heterocycles. The smallest absolute Gasteiger partial charge is 0.257 e. The van der Waals surface area contributed by atoms with E-state index in [2.05, 4.69) is 10.3 Å². The predicted molar refractivity (Wildman–Crippen MR) is 112 cm³/mol. The van der Waals surface area contributed by atoms with Crippen LogP contribution in [-0.4, -0.2) is 28.9 Å². The van der Waals surface area contributed by atoms with E-state index in [0.717, 1.165) is 42.5 Å². The SMILES string of the molecule is O=C(c1cnc2ccc(Cl)cc2c1Nc1ccc(Cl)c(Cl)c1)N1CCCC1. The summed E-state index contributed by atoms with van der Waals surface area (Å²) in [5.41, 5.74) is 2.66. The molecule has 2 aromatic carbocycles. The molecule has 1 fully saturated rings. The summed E-state index contributed by atoms with van der Waals surface area (Å²) in [6.45, 7) is 1.53. The number of anilines is 2. The lowest BCUT2D eigenvalue weighted by Gasteiger charge is -2.20. The van der Waals surface area contributed by atoms with Crippen LogP contribution in [0, 0.1) is 0 Å². The number of rotatable bonds is 3. The average Bonchev–Trinajstić information content (AvgIpc) is 3.19. The number of likely N-dealkylation sites (tertiary alicyclic amines) is 1. The monoisotopic (exact) mass is 419 g/mol. The minimum atomic E-state index is -0.0376. The zero-order valence-electron chi connectivity index (χ0n) is 14.3. The first-order valence-corrected chi connectivity index (χ1v) is 9.76. The molecule has 0 saturated carbocycles. The molecule has 0 aliphatic carbocycles. The maximum Gasteiger partial charge on any atom is 0.257 e. The number of hydrogen-bond acceptors (Lipinski definition) is 3. The Labute approximate surface area is 172 Å². The zero-order valence-corrected chi connectivity index (χ0v) is 16.6. The van der Waals surface area contributed by atoms with E-state index in [4.69, 9.17) is 34.8 Å². The quantitative estimate of drug-likeness (QED) is 0.550. The fourth-order valence-electron chi connectivity index (χ4n) is 3.27. The summed E-state index contributed by atoms with van der Waals surface area (Å²) in [5, 5.41) is 5.58. The fraction of sp³-hybridized carbons (Fsp3) is 0.200. The van der Waals surface area contributed by atoms with E-state index in [0.29, 0.717) is 26.3 Å². The van der Waals surface area contributed by atoms with Crippen molar-refractivity contribution in [2.45, 2.75) is 12.8 Å². The van der Waals surface area contributed by atoms with Crippen molar-refractivity contribution in [1.82, 2.24) is 9.88 Å². The summed E-state index contributed by atoms with van der Waals surface area (Å²) in [6.07, 6.45) is 3.67. The highest BCUT2D eigenvalue weighted by atomic mass is 35.5. The van der Waals surface area contributed by atoms with E-state index >= 15 is 0 Å². The van der Waals surface area contributed by atoms with Crippen LogP contribution in [-0.2, 0) is 0 Å². The lowest BCUT2D eigenvalue weighted by molar-refractivity contribution is 0.0793. The van der Waals surface area contributed by atoms with Gasteiger partial charge >= 0.3 is 0 Å². The van der Waals surface area contributed by atoms with E-state index in [1.165, 1.54) is 0 Å². The van der Waals surface area contributed by atoms with Gasteiger partial charge < -0.3 is 10.2 Å². The third kappa shape index (κ3) is 3.70. The Morgan fingerprint density at radius 2 is 1.78 bits per heavy atom. The summed E-state index contributed by atoms with van der Waals surface area (Å²) in [6, 6.07) is 10.7. The van der Waals surface area contributed by atoms with Crippen molar-refractivity contribution < 1.29 is 4.79 Å². The highest BCUT2D eigenvalue weighted by Crippen LogP contribution is 2.34. The number of fused-ring (bicyclic) bond motifs is 1. The number of carbonyl (C=O) groups excluding carboxylic acids is 1.